The van der Waals surface area contributed by atoms with E-state index in [1.807, 2.05) is 42.3 Å². The summed E-state index contributed by atoms with van der Waals surface area (Å²) in [5, 5.41) is 0. The van der Waals surface area contributed by atoms with Crippen molar-refractivity contribution in [1.82, 2.24) is 4.90 Å². The average Bonchev–Trinajstić information content (AvgIpc) is 2.62. The van der Waals surface area contributed by atoms with Crippen molar-refractivity contribution in [3.05, 3.63) is 47.9 Å². The first-order valence-electron chi connectivity index (χ1n) is 4.63. The Hall–Kier alpha value is -1.97. The lowest BCUT2D eigenvalue weighted by atomic mass is 10.2. The van der Waals surface area contributed by atoms with Crippen LogP contribution in [-0.4, -0.2) is 17.9 Å². The van der Waals surface area contributed by atoms with E-state index in [1.54, 1.807) is 6.20 Å². The van der Waals surface area contributed by atoms with Crippen LogP contribution < -0.4 is 5.73 Å². The first kappa shape index (κ1) is 9.58. The summed E-state index contributed by atoms with van der Waals surface area (Å²) in [7, 11) is 1.84. The first-order chi connectivity index (χ1) is 7.18. The summed E-state index contributed by atoms with van der Waals surface area (Å²) in [5.41, 5.74) is 6.13. The Morgan fingerprint density at radius 2 is 2.07 bits per heavy atom. The van der Waals surface area contributed by atoms with E-state index >= 15 is 0 Å². The summed E-state index contributed by atoms with van der Waals surface area (Å²) in [5.74, 6) is -0.341. The number of rotatable bonds is 2. The molecule has 0 saturated carbocycles. The van der Waals surface area contributed by atoms with Crippen LogP contribution in [0.15, 0.2) is 42.3 Å². The fourth-order valence-corrected chi connectivity index (χ4v) is 1.53. The largest absolute Gasteiger partial charge is 0.459 e. The number of benzene rings is 1. The third-order valence-electron chi connectivity index (χ3n) is 2.26. The van der Waals surface area contributed by atoms with E-state index in [0.29, 0.717) is 0 Å². The highest BCUT2D eigenvalue weighted by atomic mass is 16.5. The summed E-state index contributed by atoms with van der Waals surface area (Å²) in [6.45, 7) is 0. The lowest BCUT2D eigenvalue weighted by Crippen LogP contribution is -2.17. The zero-order chi connectivity index (χ0) is 10.8. The molecule has 0 bridgehead atoms. The molecule has 1 amide bonds. The summed E-state index contributed by atoms with van der Waals surface area (Å²) in [6.07, 6.45) is 1.36. The van der Waals surface area contributed by atoms with Crippen LogP contribution >= 0.6 is 0 Å². The molecule has 1 aromatic carbocycles. The number of primary amides is 1. The molecule has 0 aromatic heterocycles. The normalized spacial score (nSPS) is 19.7. The van der Waals surface area contributed by atoms with E-state index < -0.39 is 5.91 Å². The maximum absolute atomic E-state index is 10.9. The predicted octanol–water partition coefficient (Wildman–Crippen LogP) is 0.974. The monoisotopic (exact) mass is 204 g/mol. The van der Waals surface area contributed by atoms with Crippen LogP contribution in [0.25, 0.3) is 0 Å². The van der Waals surface area contributed by atoms with E-state index in [0.717, 1.165) is 5.56 Å². The minimum atomic E-state index is -0.541. The zero-order valence-electron chi connectivity index (χ0n) is 8.38. The molecule has 78 valence electrons. The Labute approximate surface area is 87.9 Å². The molecule has 1 aliphatic rings. The van der Waals surface area contributed by atoms with Crippen molar-refractivity contribution in [2.75, 3.05) is 7.05 Å². The van der Waals surface area contributed by atoms with Gasteiger partial charge in [0.2, 0.25) is 5.76 Å². The molecule has 0 saturated heterocycles. The molecule has 2 N–H and O–H groups in total. The maximum atomic E-state index is 10.9. The van der Waals surface area contributed by atoms with Crippen LogP contribution in [0.3, 0.4) is 0 Å². The van der Waals surface area contributed by atoms with Gasteiger partial charge in [-0.15, -0.1) is 0 Å². The van der Waals surface area contributed by atoms with Gasteiger partial charge in [0.15, 0.2) is 6.23 Å². The average molecular weight is 204 g/mol. The summed E-state index contributed by atoms with van der Waals surface area (Å²) in [4.78, 5) is 12.7. The van der Waals surface area contributed by atoms with Crippen molar-refractivity contribution < 1.29 is 9.53 Å². The van der Waals surface area contributed by atoms with E-state index in [1.165, 1.54) is 0 Å². The van der Waals surface area contributed by atoms with Crippen molar-refractivity contribution in [1.29, 1.82) is 0 Å². The lowest BCUT2D eigenvalue weighted by molar-refractivity contribution is -0.118. The van der Waals surface area contributed by atoms with Crippen molar-refractivity contribution in [2.24, 2.45) is 5.73 Å². The van der Waals surface area contributed by atoms with Gasteiger partial charge in [-0.3, -0.25) is 4.79 Å². The predicted molar refractivity (Wildman–Crippen MR) is 55.3 cm³/mol. The van der Waals surface area contributed by atoms with Crippen LogP contribution in [-0.2, 0) is 9.53 Å². The number of amides is 1. The Morgan fingerprint density at radius 1 is 1.40 bits per heavy atom. The van der Waals surface area contributed by atoms with Crippen molar-refractivity contribution in [2.45, 2.75) is 6.23 Å². The molecule has 1 heterocycles. The standard InChI is InChI=1S/C11H12N2O2/c1-13-7-9(10(12)14)15-11(13)8-5-3-2-4-6-8/h2-7,11H,1H3,(H2,12,14). The Kier molecular flexibility index (Phi) is 2.33. The number of nitrogens with two attached hydrogens (primary N) is 1. The molecule has 0 aliphatic carbocycles. The fraction of sp³-hybridized carbons (Fsp3) is 0.182. The second-order valence-electron chi connectivity index (χ2n) is 3.40. The molecule has 1 unspecified atom stereocenters. The van der Waals surface area contributed by atoms with Crippen molar-refractivity contribution in [3.8, 4) is 0 Å². The Morgan fingerprint density at radius 3 is 2.60 bits per heavy atom. The van der Waals surface area contributed by atoms with E-state index in [9.17, 15) is 4.79 Å². The number of nitrogens with zero attached hydrogens (tertiary/aromatic N) is 1. The van der Waals surface area contributed by atoms with E-state index in [2.05, 4.69) is 0 Å². The van der Waals surface area contributed by atoms with Crippen LogP contribution in [0.4, 0.5) is 0 Å². The number of ether oxygens (including phenoxy) is 1. The Balaban J connectivity index is 2.20. The molecule has 4 nitrogen and oxygen atoms in total. The van der Waals surface area contributed by atoms with Crippen molar-refractivity contribution in [3.63, 3.8) is 0 Å². The van der Waals surface area contributed by atoms with Gasteiger partial charge in [-0.1, -0.05) is 30.3 Å². The third-order valence-corrected chi connectivity index (χ3v) is 2.26. The van der Waals surface area contributed by atoms with E-state index in [-0.39, 0.29) is 12.0 Å². The maximum Gasteiger partial charge on any atom is 0.285 e. The highest BCUT2D eigenvalue weighted by Gasteiger charge is 2.26. The Bertz CT molecular complexity index is 400. The van der Waals surface area contributed by atoms with Crippen LogP contribution in [0.5, 0.6) is 0 Å². The number of carbonyl (C=O) groups is 1. The van der Waals surface area contributed by atoms with Crippen LogP contribution in [0, 0.1) is 0 Å². The molecule has 15 heavy (non-hydrogen) atoms. The molecule has 1 atom stereocenters. The zero-order valence-corrected chi connectivity index (χ0v) is 8.38. The molecule has 2 rings (SSSR count). The van der Waals surface area contributed by atoms with Gasteiger partial charge in [0, 0.05) is 12.6 Å². The molecule has 1 aliphatic heterocycles. The molecular formula is C11H12N2O2. The van der Waals surface area contributed by atoms with Crippen LogP contribution in [0.2, 0.25) is 0 Å². The van der Waals surface area contributed by atoms with Gasteiger partial charge < -0.3 is 15.4 Å². The summed E-state index contributed by atoms with van der Waals surface area (Å²) in [6, 6.07) is 9.67. The lowest BCUT2D eigenvalue weighted by Gasteiger charge is -2.19. The second-order valence-corrected chi connectivity index (χ2v) is 3.40. The third kappa shape index (κ3) is 1.79. The van der Waals surface area contributed by atoms with Gasteiger partial charge in [-0.25, -0.2) is 0 Å². The van der Waals surface area contributed by atoms with Gasteiger partial charge in [0.05, 0.1) is 6.20 Å². The molecule has 0 spiro atoms. The molecular weight excluding hydrogens is 192 g/mol. The molecule has 4 heteroatoms. The van der Waals surface area contributed by atoms with E-state index in [4.69, 9.17) is 10.5 Å². The second kappa shape index (κ2) is 3.65. The highest BCUT2D eigenvalue weighted by Crippen LogP contribution is 2.29. The summed E-state index contributed by atoms with van der Waals surface area (Å²) >= 11 is 0. The van der Waals surface area contributed by atoms with Gasteiger partial charge in [0.25, 0.3) is 5.91 Å². The van der Waals surface area contributed by atoms with Gasteiger partial charge in [-0.2, -0.15) is 0 Å². The molecule has 0 fully saturated rings. The minimum absolute atomic E-state index is 0.200. The molecule has 1 aromatic rings. The number of hydrogen-bond acceptors (Lipinski definition) is 3. The first-order valence-corrected chi connectivity index (χ1v) is 4.63. The van der Waals surface area contributed by atoms with Crippen molar-refractivity contribution >= 4 is 5.91 Å². The smallest absolute Gasteiger partial charge is 0.285 e. The van der Waals surface area contributed by atoms with Crippen LogP contribution in [0.1, 0.15) is 11.8 Å². The number of hydrogen-bond donors (Lipinski definition) is 1. The highest BCUT2D eigenvalue weighted by molar-refractivity contribution is 5.90. The van der Waals surface area contributed by atoms with Gasteiger partial charge in [-0.05, 0) is 0 Å². The quantitative estimate of drug-likeness (QED) is 0.781. The van der Waals surface area contributed by atoms with Gasteiger partial charge >= 0.3 is 0 Å². The summed E-state index contributed by atoms with van der Waals surface area (Å²) < 4.78 is 5.43. The SMILES string of the molecule is CN1C=C(C(N)=O)OC1c1ccccc1. The fourth-order valence-electron chi connectivity index (χ4n) is 1.53. The number of carbonyl (C=O) groups excluding carboxylic acids is 1. The topological polar surface area (TPSA) is 55.6 Å². The van der Waals surface area contributed by atoms with Gasteiger partial charge in [0.1, 0.15) is 0 Å². The molecule has 0 radical (unpaired) electrons. The minimum Gasteiger partial charge on any atom is -0.459 e.